The Morgan fingerprint density at radius 3 is 2.48 bits per heavy atom. The lowest BCUT2D eigenvalue weighted by Crippen LogP contribution is -2.52. The molecule has 4 heterocycles. The van der Waals surface area contributed by atoms with Crippen molar-refractivity contribution in [2.45, 2.75) is 38.3 Å². The minimum atomic E-state index is -0.480. The molecule has 13 nitrogen and oxygen atoms in total. The number of hydrogen-bond acceptors (Lipinski definition) is 12. The summed E-state index contributed by atoms with van der Waals surface area (Å²) in [5.74, 6) is 1.10. The fourth-order valence-corrected chi connectivity index (χ4v) is 6.68. The fourth-order valence-electron chi connectivity index (χ4n) is 6.68. The first-order valence-electron chi connectivity index (χ1n) is 16.7. The maximum atomic E-state index is 12.3. The maximum Gasteiger partial charge on any atom is 0.303 e. The van der Waals surface area contributed by atoms with Crippen molar-refractivity contribution in [3.8, 4) is 22.8 Å². The minimum absolute atomic E-state index is 0.202. The highest BCUT2D eigenvalue weighted by Gasteiger charge is 2.29. The molecule has 2 aromatic carbocycles. The summed E-state index contributed by atoms with van der Waals surface area (Å²) in [7, 11) is 3.91. The van der Waals surface area contributed by atoms with Crippen LogP contribution in [0.4, 0.5) is 23.0 Å². The Balaban J connectivity index is 1.05. The number of piperidine rings is 1. The molecule has 3 N–H and O–H groups in total. The number of nitrogens with zero attached hydrogens (tertiary/aromatic N) is 6. The monoisotopic (exact) mass is 658 g/mol. The average Bonchev–Trinajstić information content (AvgIpc) is 3.57. The van der Waals surface area contributed by atoms with Gasteiger partial charge in [0, 0.05) is 88.7 Å². The summed E-state index contributed by atoms with van der Waals surface area (Å²) in [5.41, 5.74) is 10.3. The number of likely N-dealkylation sites (N-methyl/N-ethyl adjacent to an activating group) is 1. The average molecular weight is 659 g/mol. The van der Waals surface area contributed by atoms with E-state index in [0.29, 0.717) is 48.6 Å². The van der Waals surface area contributed by atoms with Gasteiger partial charge in [-0.15, -0.1) is 0 Å². The predicted molar refractivity (Wildman–Crippen MR) is 185 cm³/mol. The van der Waals surface area contributed by atoms with Crippen molar-refractivity contribution in [1.29, 1.82) is 0 Å². The molecule has 3 aliphatic heterocycles. The SMILES string of the molecule is COc1cc(Nc2nccc(-c3ccc(OC4CCN(C(=O)COC(C)=O)C4)c(N)c3)n2)ccc1N1CCC(N2CCN(C)CC2)CC1. The number of amides is 1. The van der Waals surface area contributed by atoms with Gasteiger partial charge in [-0.25, -0.2) is 9.97 Å². The maximum absolute atomic E-state index is 12.3. The molecule has 0 radical (unpaired) electrons. The van der Waals surface area contributed by atoms with Crippen molar-refractivity contribution in [3.05, 3.63) is 48.7 Å². The Kier molecular flexibility index (Phi) is 10.5. The summed E-state index contributed by atoms with van der Waals surface area (Å²) in [6.45, 7) is 8.60. The topological polar surface area (TPSA) is 139 Å². The number of piperazine rings is 1. The molecule has 0 aliphatic carbocycles. The van der Waals surface area contributed by atoms with E-state index in [1.54, 1.807) is 18.2 Å². The highest BCUT2D eigenvalue weighted by Crippen LogP contribution is 2.35. The second-order valence-corrected chi connectivity index (χ2v) is 12.7. The number of nitrogens with one attached hydrogen (secondary N) is 1. The van der Waals surface area contributed by atoms with Crippen molar-refractivity contribution in [2.75, 3.05) is 89.1 Å². The number of ether oxygens (including phenoxy) is 3. The van der Waals surface area contributed by atoms with Crippen molar-refractivity contribution >= 4 is 34.9 Å². The largest absolute Gasteiger partial charge is 0.495 e. The number of carbonyl (C=O) groups excluding carboxylic acids is 2. The first-order valence-corrected chi connectivity index (χ1v) is 16.7. The number of esters is 1. The molecule has 0 saturated carbocycles. The van der Waals surface area contributed by atoms with Crippen LogP contribution in [0.15, 0.2) is 48.7 Å². The van der Waals surface area contributed by atoms with Gasteiger partial charge >= 0.3 is 5.97 Å². The summed E-state index contributed by atoms with van der Waals surface area (Å²) in [6, 6.07) is 14.2. The van der Waals surface area contributed by atoms with Crippen LogP contribution in [-0.4, -0.2) is 122 Å². The molecule has 1 aromatic heterocycles. The lowest BCUT2D eigenvalue weighted by atomic mass is 10.0. The van der Waals surface area contributed by atoms with Gasteiger partial charge in [0.1, 0.15) is 17.6 Å². The van der Waals surface area contributed by atoms with Crippen LogP contribution in [0.2, 0.25) is 0 Å². The number of methoxy groups -OCH3 is 1. The second kappa shape index (κ2) is 15.1. The molecular weight excluding hydrogens is 612 g/mol. The Labute approximate surface area is 281 Å². The lowest BCUT2D eigenvalue weighted by Gasteiger charge is -2.42. The predicted octanol–water partition coefficient (Wildman–Crippen LogP) is 3.24. The normalized spacial score (nSPS) is 19.3. The zero-order valence-electron chi connectivity index (χ0n) is 28.1. The van der Waals surface area contributed by atoms with Crippen molar-refractivity contribution in [2.24, 2.45) is 0 Å². The third-order valence-corrected chi connectivity index (χ3v) is 9.45. The number of likely N-dealkylation sites (tertiary alicyclic amines) is 1. The Bertz CT molecular complexity index is 1590. The highest BCUT2D eigenvalue weighted by molar-refractivity contribution is 5.80. The van der Waals surface area contributed by atoms with E-state index in [9.17, 15) is 9.59 Å². The molecule has 6 rings (SSSR count). The van der Waals surface area contributed by atoms with Gasteiger partial charge in [0.25, 0.3) is 5.91 Å². The third-order valence-electron chi connectivity index (χ3n) is 9.45. The van der Waals surface area contributed by atoms with E-state index >= 15 is 0 Å². The fraction of sp³-hybridized carbons (Fsp3) is 0.486. The summed E-state index contributed by atoms with van der Waals surface area (Å²) < 4.78 is 16.8. The number of rotatable bonds is 10. The van der Waals surface area contributed by atoms with Crippen LogP contribution in [0, 0.1) is 0 Å². The van der Waals surface area contributed by atoms with Crippen molar-refractivity contribution in [1.82, 2.24) is 24.7 Å². The van der Waals surface area contributed by atoms with Crippen LogP contribution in [0.3, 0.4) is 0 Å². The molecule has 0 spiro atoms. The van der Waals surface area contributed by atoms with E-state index in [1.807, 2.05) is 36.4 Å². The molecule has 3 aromatic rings. The second-order valence-electron chi connectivity index (χ2n) is 12.7. The van der Waals surface area contributed by atoms with E-state index < -0.39 is 5.97 Å². The van der Waals surface area contributed by atoms with Gasteiger partial charge in [-0.1, -0.05) is 0 Å². The summed E-state index contributed by atoms with van der Waals surface area (Å²) in [5, 5.41) is 3.33. The zero-order chi connectivity index (χ0) is 33.6. The van der Waals surface area contributed by atoms with Crippen LogP contribution >= 0.6 is 0 Å². The molecule has 3 saturated heterocycles. The number of nitrogen functional groups attached to an aromatic ring is 1. The van der Waals surface area contributed by atoms with Crippen LogP contribution in [-0.2, 0) is 14.3 Å². The molecule has 48 heavy (non-hydrogen) atoms. The summed E-state index contributed by atoms with van der Waals surface area (Å²) in [4.78, 5) is 41.6. The van der Waals surface area contributed by atoms with E-state index in [2.05, 4.69) is 38.1 Å². The van der Waals surface area contributed by atoms with Crippen LogP contribution in [0.5, 0.6) is 11.5 Å². The van der Waals surface area contributed by atoms with Gasteiger partial charge in [0.2, 0.25) is 5.95 Å². The number of benzene rings is 2. The van der Waals surface area contributed by atoms with Crippen LogP contribution in [0.1, 0.15) is 26.2 Å². The van der Waals surface area contributed by atoms with Crippen LogP contribution in [0.25, 0.3) is 11.3 Å². The first-order chi connectivity index (χ1) is 23.2. The lowest BCUT2D eigenvalue weighted by molar-refractivity contribution is -0.149. The zero-order valence-corrected chi connectivity index (χ0v) is 28.1. The highest BCUT2D eigenvalue weighted by atomic mass is 16.5. The van der Waals surface area contributed by atoms with Crippen LogP contribution < -0.4 is 25.4 Å². The van der Waals surface area contributed by atoms with Gasteiger partial charge in [-0.05, 0) is 56.3 Å². The van der Waals surface area contributed by atoms with E-state index in [4.69, 9.17) is 24.9 Å². The molecule has 3 aliphatic rings. The third kappa shape index (κ3) is 8.08. The van der Waals surface area contributed by atoms with Gasteiger partial charge in [-0.2, -0.15) is 0 Å². The minimum Gasteiger partial charge on any atom is -0.495 e. The summed E-state index contributed by atoms with van der Waals surface area (Å²) in [6.07, 6.45) is 4.48. The number of nitrogens with two attached hydrogens (primary N) is 1. The smallest absolute Gasteiger partial charge is 0.303 e. The number of hydrogen-bond donors (Lipinski definition) is 2. The first kappa shape index (κ1) is 33.3. The molecule has 1 unspecified atom stereocenters. The number of anilines is 4. The van der Waals surface area contributed by atoms with Gasteiger partial charge in [-0.3, -0.25) is 14.5 Å². The Morgan fingerprint density at radius 1 is 0.958 bits per heavy atom. The van der Waals surface area contributed by atoms with Gasteiger partial charge < -0.3 is 40.0 Å². The number of aromatic nitrogens is 2. The standard InChI is InChI=1S/C35H46N8O5/c1-24(44)47-23-34(45)43-15-11-28(22-43)48-32-7-4-25(20-29(32)36)30-8-12-37-35(39-30)38-26-5-6-31(33(21-26)46-3)42-13-9-27(10-14-42)41-18-16-40(2)17-19-41/h4-8,12,20-21,27-28H,9-11,13-19,22-23,36H2,1-3H3,(H,37,38,39). The molecule has 0 bridgehead atoms. The van der Waals surface area contributed by atoms with Crippen molar-refractivity contribution in [3.63, 3.8) is 0 Å². The molecule has 256 valence electrons. The summed E-state index contributed by atoms with van der Waals surface area (Å²) >= 11 is 0. The Morgan fingerprint density at radius 2 is 1.75 bits per heavy atom. The number of carbonyl (C=O) groups is 2. The quantitative estimate of drug-likeness (QED) is 0.244. The molecule has 13 heteroatoms. The molecule has 1 amide bonds. The van der Waals surface area contributed by atoms with Gasteiger partial charge in [0.05, 0.1) is 30.7 Å². The van der Waals surface area contributed by atoms with Crippen molar-refractivity contribution < 1.29 is 23.8 Å². The van der Waals surface area contributed by atoms with Gasteiger partial charge in [0.15, 0.2) is 6.61 Å². The van der Waals surface area contributed by atoms with E-state index in [0.717, 1.165) is 74.8 Å². The van der Waals surface area contributed by atoms with E-state index in [-0.39, 0.29) is 18.6 Å². The Hall–Kier alpha value is -4.62. The molecule has 1 atom stereocenters. The molecular formula is C35H46N8O5. The molecule has 3 fully saturated rings. The van der Waals surface area contributed by atoms with E-state index in [1.165, 1.54) is 6.92 Å².